The van der Waals surface area contributed by atoms with E-state index in [0.717, 1.165) is 0 Å². The molecule has 0 saturated carbocycles. The van der Waals surface area contributed by atoms with E-state index in [1.807, 2.05) is 0 Å². The fourth-order valence-corrected chi connectivity index (χ4v) is 1.79. The molecule has 0 amide bonds. The maximum Gasteiger partial charge on any atom is 0.210 e. The van der Waals surface area contributed by atoms with Crippen molar-refractivity contribution in [3.63, 3.8) is 0 Å². The first kappa shape index (κ1) is 9.93. The molecule has 4 nitrogen and oxygen atoms in total. The molecule has 3 aromatic rings. The normalized spacial score (nSPS) is 11.6. The van der Waals surface area contributed by atoms with Gasteiger partial charge in [-0.1, -0.05) is 0 Å². The highest BCUT2D eigenvalue weighted by Gasteiger charge is 2.10. The number of alkyl halides is 2. The lowest BCUT2D eigenvalue weighted by molar-refractivity contribution is 0.554. The van der Waals surface area contributed by atoms with E-state index in [9.17, 15) is 0 Å². The quantitative estimate of drug-likeness (QED) is 0.660. The van der Waals surface area contributed by atoms with Crippen molar-refractivity contribution in [1.82, 2.24) is 9.97 Å². The third-order valence-electron chi connectivity index (χ3n) is 2.22. The number of aromatic nitrogens is 2. The van der Waals surface area contributed by atoms with Crippen molar-refractivity contribution in [3.05, 3.63) is 23.9 Å². The minimum Gasteiger partial charge on any atom is -0.439 e. The lowest BCUT2D eigenvalue weighted by Crippen LogP contribution is -1.73. The average molecular weight is 257 g/mol. The van der Waals surface area contributed by atoms with Gasteiger partial charge in [-0.3, -0.25) is 0 Å². The molecule has 3 rings (SSSR count). The zero-order valence-corrected chi connectivity index (χ0v) is 9.55. The Kier molecular flexibility index (Phi) is 2.26. The first-order chi connectivity index (χ1) is 7.80. The summed E-state index contributed by atoms with van der Waals surface area (Å²) in [6.45, 7) is 0. The van der Waals surface area contributed by atoms with Crippen molar-refractivity contribution >= 4 is 45.4 Å². The lowest BCUT2D eigenvalue weighted by Gasteiger charge is -1.85. The molecule has 1 aromatic carbocycles. The zero-order chi connectivity index (χ0) is 11.1. The van der Waals surface area contributed by atoms with Gasteiger partial charge in [0.2, 0.25) is 11.8 Å². The number of fused-ring (bicyclic) bond motifs is 2. The molecule has 0 aliphatic heterocycles. The molecule has 82 valence electrons. The fraction of sp³-hybridized carbons (Fsp3) is 0.200. The summed E-state index contributed by atoms with van der Waals surface area (Å²) in [7, 11) is 0. The Balaban J connectivity index is 2.28. The van der Waals surface area contributed by atoms with Gasteiger partial charge in [0.1, 0.15) is 11.0 Å². The summed E-state index contributed by atoms with van der Waals surface area (Å²) in [5.41, 5.74) is 2.72. The van der Waals surface area contributed by atoms with Gasteiger partial charge in [-0.25, -0.2) is 9.97 Å². The van der Waals surface area contributed by atoms with Gasteiger partial charge in [-0.05, 0) is 0 Å². The van der Waals surface area contributed by atoms with Crippen LogP contribution in [0.4, 0.5) is 0 Å². The minimum absolute atomic E-state index is 0.246. The van der Waals surface area contributed by atoms with Crippen molar-refractivity contribution in [1.29, 1.82) is 0 Å². The van der Waals surface area contributed by atoms with Gasteiger partial charge < -0.3 is 8.83 Å². The van der Waals surface area contributed by atoms with Gasteiger partial charge in [-0.2, -0.15) is 0 Å². The van der Waals surface area contributed by atoms with Crippen LogP contribution in [0.2, 0.25) is 0 Å². The summed E-state index contributed by atoms with van der Waals surface area (Å²) in [4.78, 5) is 8.39. The predicted molar refractivity (Wildman–Crippen MR) is 60.7 cm³/mol. The third kappa shape index (κ3) is 1.45. The molecule has 0 bridgehead atoms. The SMILES string of the molecule is ClCc1nc2cc3oc(CCl)nc3cc2o1. The van der Waals surface area contributed by atoms with Gasteiger partial charge in [0.15, 0.2) is 11.2 Å². The second kappa shape index (κ2) is 3.64. The van der Waals surface area contributed by atoms with Crippen molar-refractivity contribution < 1.29 is 8.83 Å². The molecular weight excluding hydrogens is 251 g/mol. The number of oxazole rings is 2. The van der Waals surface area contributed by atoms with Gasteiger partial charge in [0, 0.05) is 12.1 Å². The summed E-state index contributed by atoms with van der Waals surface area (Å²) >= 11 is 11.3. The highest BCUT2D eigenvalue weighted by atomic mass is 35.5. The molecule has 0 saturated heterocycles. The number of rotatable bonds is 2. The maximum atomic E-state index is 5.64. The van der Waals surface area contributed by atoms with Gasteiger partial charge in [0.25, 0.3) is 0 Å². The molecule has 0 aliphatic rings. The van der Waals surface area contributed by atoms with E-state index in [2.05, 4.69) is 9.97 Å². The van der Waals surface area contributed by atoms with Crippen LogP contribution < -0.4 is 0 Å². The van der Waals surface area contributed by atoms with Crippen molar-refractivity contribution in [2.45, 2.75) is 11.8 Å². The van der Waals surface area contributed by atoms with Crippen LogP contribution in [0.5, 0.6) is 0 Å². The summed E-state index contributed by atoms with van der Waals surface area (Å²) in [5, 5.41) is 0. The molecule has 16 heavy (non-hydrogen) atoms. The number of hydrogen-bond acceptors (Lipinski definition) is 4. The van der Waals surface area contributed by atoms with Crippen LogP contribution in [-0.4, -0.2) is 9.97 Å². The molecule has 0 aliphatic carbocycles. The van der Waals surface area contributed by atoms with Crippen LogP contribution in [0.3, 0.4) is 0 Å². The molecular formula is C10H6Cl2N2O2. The van der Waals surface area contributed by atoms with Crippen molar-refractivity contribution in [2.75, 3.05) is 0 Å². The second-order valence-electron chi connectivity index (χ2n) is 3.27. The Morgan fingerprint density at radius 1 is 0.875 bits per heavy atom. The maximum absolute atomic E-state index is 5.64. The highest BCUT2D eigenvalue weighted by Crippen LogP contribution is 2.24. The second-order valence-corrected chi connectivity index (χ2v) is 3.80. The molecule has 0 fully saturated rings. The van der Waals surface area contributed by atoms with E-state index in [-0.39, 0.29) is 11.8 Å². The molecule has 2 aromatic heterocycles. The molecule has 0 spiro atoms. The lowest BCUT2D eigenvalue weighted by atomic mass is 10.3. The number of benzene rings is 1. The highest BCUT2D eigenvalue weighted by molar-refractivity contribution is 6.17. The van der Waals surface area contributed by atoms with Crippen LogP contribution >= 0.6 is 23.2 Å². The van der Waals surface area contributed by atoms with Crippen LogP contribution in [0.1, 0.15) is 11.8 Å². The van der Waals surface area contributed by atoms with Crippen molar-refractivity contribution in [3.8, 4) is 0 Å². The number of hydrogen-bond donors (Lipinski definition) is 0. The summed E-state index contributed by atoms with van der Waals surface area (Å²) < 4.78 is 10.8. The van der Waals surface area contributed by atoms with Crippen LogP contribution in [-0.2, 0) is 11.8 Å². The van der Waals surface area contributed by atoms with Crippen LogP contribution in [0, 0.1) is 0 Å². The summed E-state index contributed by atoms with van der Waals surface area (Å²) in [6.07, 6.45) is 0. The Bertz CT molecular complexity index is 554. The summed E-state index contributed by atoms with van der Waals surface area (Å²) in [5.74, 6) is 1.47. The van der Waals surface area contributed by atoms with Gasteiger partial charge in [0.05, 0.1) is 11.8 Å². The van der Waals surface area contributed by atoms with E-state index in [1.54, 1.807) is 12.1 Å². The van der Waals surface area contributed by atoms with E-state index in [4.69, 9.17) is 32.0 Å². The number of halogens is 2. The average Bonchev–Trinajstić information content (AvgIpc) is 2.86. The van der Waals surface area contributed by atoms with Gasteiger partial charge >= 0.3 is 0 Å². The van der Waals surface area contributed by atoms with E-state index < -0.39 is 0 Å². The fourth-order valence-electron chi connectivity index (χ4n) is 1.56. The van der Waals surface area contributed by atoms with E-state index in [1.165, 1.54) is 0 Å². The zero-order valence-electron chi connectivity index (χ0n) is 8.04. The molecule has 2 heterocycles. The largest absolute Gasteiger partial charge is 0.439 e. The number of nitrogens with zero attached hydrogens (tertiary/aromatic N) is 2. The molecule has 0 atom stereocenters. The standard InChI is InChI=1S/C10H6Cl2N2O2/c11-3-9-13-5-1-7-6(2-8(5)16-9)14-10(4-12)15-7/h1-2H,3-4H2. The Labute approximate surface area is 100 Å². The predicted octanol–water partition coefficient (Wildman–Crippen LogP) is 3.45. The van der Waals surface area contributed by atoms with E-state index >= 15 is 0 Å². The Morgan fingerprint density at radius 2 is 1.31 bits per heavy atom. The van der Waals surface area contributed by atoms with Crippen molar-refractivity contribution in [2.24, 2.45) is 0 Å². The van der Waals surface area contributed by atoms with Crippen LogP contribution in [0.15, 0.2) is 21.0 Å². The first-order valence-electron chi connectivity index (χ1n) is 4.61. The third-order valence-corrected chi connectivity index (χ3v) is 2.67. The molecule has 0 radical (unpaired) electrons. The first-order valence-corrected chi connectivity index (χ1v) is 5.68. The molecule has 0 unspecified atom stereocenters. The topological polar surface area (TPSA) is 52.1 Å². The van der Waals surface area contributed by atoms with Gasteiger partial charge in [-0.15, -0.1) is 23.2 Å². The monoisotopic (exact) mass is 256 g/mol. The minimum atomic E-state index is 0.246. The molecule has 0 N–H and O–H groups in total. The Hall–Kier alpha value is -1.26. The smallest absolute Gasteiger partial charge is 0.210 e. The molecule has 6 heteroatoms. The van der Waals surface area contributed by atoms with E-state index in [0.29, 0.717) is 34.0 Å². The van der Waals surface area contributed by atoms with Crippen LogP contribution in [0.25, 0.3) is 22.2 Å². The Morgan fingerprint density at radius 3 is 1.69 bits per heavy atom. The summed E-state index contributed by atoms with van der Waals surface area (Å²) in [6, 6.07) is 3.54.